The van der Waals surface area contributed by atoms with E-state index in [1.807, 2.05) is 49.1 Å². The van der Waals surface area contributed by atoms with Crippen LogP contribution >= 0.6 is 22.9 Å². The summed E-state index contributed by atoms with van der Waals surface area (Å²) in [5.74, 6) is 3.16. The van der Waals surface area contributed by atoms with Crippen LogP contribution in [0.2, 0.25) is 5.02 Å². The summed E-state index contributed by atoms with van der Waals surface area (Å²) in [7, 11) is 3.43. The maximum Gasteiger partial charge on any atom is 0.340 e. The number of aromatic nitrogens is 2. The number of esters is 1. The van der Waals surface area contributed by atoms with Crippen LogP contribution in [-0.2, 0) is 9.53 Å². The fraction of sp³-hybridized carbons (Fsp3) is 0.294. The number of carbonyl (C=O) groups is 1. The first-order valence-corrected chi connectivity index (χ1v) is 15.9. The van der Waals surface area contributed by atoms with Gasteiger partial charge in [-0.3, -0.25) is 9.97 Å². The number of hydrogen-bond acceptors (Lipinski definition) is 10. The molecule has 0 radical (unpaired) electrons. The summed E-state index contributed by atoms with van der Waals surface area (Å²) in [4.78, 5) is 42.6. The molecule has 1 atom stereocenters. The third kappa shape index (κ3) is 5.96. The first-order valence-electron chi connectivity index (χ1n) is 14.6. The highest BCUT2D eigenvalue weighted by molar-refractivity contribution is 7.18. The molecule has 4 aromatic rings. The van der Waals surface area contributed by atoms with Crippen LogP contribution in [0.4, 0.5) is 5.69 Å². The van der Waals surface area contributed by atoms with Crippen molar-refractivity contribution < 1.29 is 19.1 Å². The molecule has 3 aromatic heterocycles. The van der Waals surface area contributed by atoms with Gasteiger partial charge in [-0.05, 0) is 69.5 Å². The van der Waals surface area contributed by atoms with E-state index in [2.05, 4.69) is 27.9 Å². The fourth-order valence-corrected chi connectivity index (χ4v) is 7.21. The predicted octanol–water partition coefficient (Wildman–Crippen LogP) is 6.88. The second-order valence-electron chi connectivity index (χ2n) is 11.0. The molecule has 0 amide bonds. The topological polar surface area (TPSA) is 97.2 Å². The first kappa shape index (κ1) is 30.5. The molecule has 1 aliphatic carbocycles. The average molecular weight is 642 g/mol. The molecule has 0 bridgehead atoms. The van der Waals surface area contributed by atoms with Crippen LogP contribution in [0.3, 0.4) is 0 Å². The molecule has 1 aromatic carbocycles. The zero-order chi connectivity index (χ0) is 31.7. The van der Waals surface area contributed by atoms with Gasteiger partial charge in [0, 0.05) is 69.7 Å². The number of fused-ring (bicyclic) bond motifs is 1. The van der Waals surface area contributed by atoms with Gasteiger partial charge in [0.1, 0.15) is 23.9 Å². The van der Waals surface area contributed by atoms with E-state index in [9.17, 15) is 9.59 Å². The SMILES string of the molecule is COC(=O)c1csc2c(-c3cc(Cl)ccc3OCCN3C(=C=O)C4=C(CCC(N(C)c5ccncc5)C4)N=C3C)cc(C)nc12. The van der Waals surface area contributed by atoms with Gasteiger partial charge in [0.2, 0.25) is 0 Å². The highest BCUT2D eigenvalue weighted by atomic mass is 35.5. The van der Waals surface area contributed by atoms with Crippen LogP contribution in [0.15, 0.2) is 76.1 Å². The van der Waals surface area contributed by atoms with Crippen molar-refractivity contribution in [1.82, 2.24) is 14.9 Å². The largest absolute Gasteiger partial charge is 0.491 e. The van der Waals surface area contributed by atoms with Crippen molar-refractivity contribution in [3.8, 4) is 16.9 Å². The maximum atomic E-state index is 12.4. The molecule has 0 saturated carbocycles. The Balaban J connectivity index is 1.23. The van der Waals surface area contributed by atoms with E-state index in [0.717, 1.165) is 57.2 Å². The number of nitrogens with zero attached hydrogens (tertiary/aromatic N) is 5. The zero-order valence-corrected chi connectivity index (χ0v) is 27.0. The molecular weight excluding hydrogens is 610 g/mol. The molecule has 1 aliphatic heterocycles. The van der Waals surface area contributed by atoms with Crippen LogP contribution in [0.1, 0.15) is 42.2 Å². The first-order chi connectivity index (χ1) is 21.8. The molecule has 6 rings (SSSR count). The van der Waals surface area contributed by atoms with E-state index in [0.29, 0.717) is 40.5 Å². The number of aryl methyl sites for hydroxylation is 1. The Bertz CT molecular complexity index is 1900. The van der Waals surface area contributed by atoms with Crippen molar-refractivity contribution in [2.45, 2.75) is 39.2 Å². The number of allylic oxidation sites excluding steroid dienone is 2. The lowest BCUT2D eigenvalue weighted by molar-refractivity contribution is 0.0603. The quantitative estimate of drug-likeness (QED) is 0.152. The highest BCUT2D eigenvalue weighted by Gasteiger charge is 2.33. The van der Waals surface area contributed by atoms with Gasteiger partial charge in [-0.2, -0.15) is 0 Å². The van der Waals surface area contributed by atoms with Crippen molar-refractivity contribution >= 4 is 56.6 Å². The monoisotopic (exact) mass is 641 g/mol. The number of pyridine rings is 2. The predicted molar refractivity (Wildman–Crippen MR) is 178 cm³/mol. The summed E-state index contributed by atoms with van der Waals surface area (Å²) in [6.45, 7) is 4.48. The minimum Gasteiger partial charge on any atom is -0.491 e. The molecule has 45 heavy (non-hydrogen) atoms. The number of thiophene rings is 1. The van der Waals surface area contributed by atoms with Crippen molar-refractivity contribution in [2.75, 3.05) is 32.2 Å². The van der Waals surface area contributed by atoms with Crippen LogP contribution in [0, 0.1) is 6.92 Å². The molecular formula is C34H32ClN5O4S. The molecule has 0 saturated heterocycles. The average Bonchev–Trinajstić information content (AvgIpc) is 3.48. The summed E-state index contributed by atoms with van der Waals surface area (Å²) in [5.41, 5.74) is 6.90. The number of benzene rings is 1. The Morgan fingerprint density at radius 1 is 1.18 bits per heavy atom. The number of amidine groups is 1. The molecule has 1 unspecified atom stereocenters. The van der Waals surface area contributed by atoms with E-state index in [1.54, 1.807) is 23.8 Å². The van der Waals surface area contributed by atoms with E-state index in [1.165, 1.54) is 18.4 Å². The number of aliphatic imine (C=N–C) groups is 1. The van der Waals surface area contributed by atoms with Gasteiger partial charge in [0.05, 0.1) is 29.4 Å². The van der Waals surface area contributed by atoms with Gasteiger partial charge >= 0.3 is 5.97 Å². The second-order valence-corrected chi connectivity index (χ2v) is 12.3. The van der Waals surface area contributed by atoms with Gasteiger partial charge in [-0.1, -0.05) is 11.6 Å². The van der Waals surface area contributed by atoms with Crippen molar-refractivity contribution in [2.24, 2.45) is 4.99 Å². The highest BCUT2D eigenvalue weighted by Crippen LogP contribution is 2.41. The Morgan fingerprint density at radius 3 is 2.73 bits per heavy atom. The number of carbonyl (C=O) groups excluding carboxylic acids is 2. The summed E-state index contributed by atoms with van der Waals surface area (Å²) >= 11 is 7.88. The maximum absolute atomic E-state index is 12.4. The summed E-state index contributed by atoms with van der Waals surface area (Å²) in [6.07, 6.45) is 6.00. The van der Waals surface area contributed by atoms with Crippen molar-refractivity contribution in [1.29, 1.82) is 0 Å². The fourth-order valence-electron chi connectivity index (χ4n) is 6.03. The number of methoxy groups -OCH3 is 1. The Kier molecular flexibility index (Phi) is 8.72. The lowest BCUT2D eigenvalue weighted by Crippen LogP contribution is -2.40. The normalized spacial score (nSPS) is 16.3. The molecule has 2 aliphatic rings. The number of halogens is 1. The number of anilines is 1. The van der Waals surface area contributed by atoms with Gasteiger partial charge in [0.25, 0.3) is 0 Å². The summed E-state index contributed by atoms with van der Waals surface area (Å²) in [6, 6.07) is 11.6. The third-order valence-corrected chi connectivity index (χ3v) is 9.56. The van der Waals surface area contributed by atoms with Crippen LogP contribution in [0.25, 0.3) is 21.3 Å². The van der Waals surface area contributed by atoms with E-state index in [4.69, 9.17) is 26.1 Å². The number of ether oxygens (including phenoxy) is 2. The molecule has 4 heterocycles. The molecule has 9 nitrogen and oxygen atoms in total. The zero-order valence-electron chi connectivity index (χ0n) is 25.5. The van der Waals surface area contributed by atoms with Gasteiger partial charge in [-0.15, -0.1) is 11.3 Å². The molecule has 11 heteroatoms. The van der Waals surface area contributed by atoms with Gasteiger partial charge in [-0.25, -0.2) is 14.6 Å². The number of hydrogen-bond donors (Lipinski definition) is 0. The van der Waals surface area contributed by atoms with Crippen LogP contribution in [-0.4, -0.2) is 66.0 Å². The summed E-state index contributed by atoms with van der Waals surface area (Å²) < 4.78 is 12.2. The lowest BCUT2D eigenvalue weighted by Gasteiger charge is -2.38. The Labute approximate surface area is 270 Å². The van der Waals surface area contributed by atoms with E-state index >= 15 is 0 Å². The smallest absolute Gasteiger partial charge is 0.340 e. The summed E-state index contributed by atoms with van der Waals surface area (Å²) in [5, 5.41) is 2.31. The van der Waals surface area contributed by atoms with Crippen LogP contribution in [0.5, 0.6) is 5.75 Å². The van der Waals surface area contributed by atoms with Gasteiger partial charge in [0.15, 0.2) is 5.94 Å². The minimum absolute atomic E-state index is 0.218. The lowest BCUT2D eigenvalue weighted by atomic mass is 9.88. The Hall–Kier alpha value is -4.50. The third-order valence-electron chi connectivity index (χ3n) is 8.32. The number of rotatable bonds is 8. The molecule has 0 N–H and O–H groups in total. The standard InChI is InChI=1S/C34H32ClN5O4S/c1-20-15-26(33-32(37-20)28(19-45-33)34(42)43-4)25-16-22(35)5-8-31(25)44-14-13-40-21(2)38-29-7-6-24(17-27(29)30(40)18-41)39(3)23-9-11-36-12-10-23/h5,8-12,15-16,19,24H,6-7,13-14,17H2,1-4H3. The van der Waals surface area contributed by atoms with Gasteiger partial charge < -0.3 is 19.3 Å². The van der Waals surface area contributed by atoms with E-state index < -0.39 is 5.97 Å². The van der Waals surface area contributed by atoms with Crippen LogP contribution < -0.4 is 9.64 Å². The minimum atomic E-state index is -0.433. The van der Waals surface area contributed by atoms with E-state index in [-0.39, 0.29) is 12.6 Å². The molecule has 0 spiro atoms. The molecule has 230 valence electrons. The van der Waals surface area contributed by atoms with Crippen molar-refractivity contribution in [3.05, 3.63) is 87.4 Å². The Morgan fingerprint density at radius 2 is 1.98 bits per heavy atom. The van der Waals surface area contributed by atoms with Crippen molar-refractivity contribution in [3.63, 3.8) is 0 Å². The molecule has 0 fully saturated rings. The second kappa shape index (κ2) is 12.9.